The van der Waals surface area contributed by atoms with Crippen molar-refractivity contribution >= 4 is 40.7 Å². The number of halogens is 1. The van der Waals surface area contributed by atoms with Crippen molar-refractivity contribution in [2.75, 3.05) is 17.6 Å². The van der Waals surface area contributed by atoms with Crippen molar-refractivity contribution < 1.29 is 18.4 Å². The van der Waals surface area contributed by atoms with Gasteiger partial charge < -0.3 is 21.2 Å². The lowest BCUT2D eigenvalue weighted by Gasteiger charge is -2.12. The third kappa shape index (κ3) is 5.33. The van der Waals surface area contributed by atoms with Gasteiger partial charge in [0.25, 0.3) is 5.91 Å². The monoisotopic (exact) mass is 478 g/mol. The highest BCUT2D eigenvalue weighted by atomic mass is 32.1. The summed E-state index contributed by atoms with van der Waals surface area (Å²) in [5.74, 6) is -1.49. The number of carbonyl (C=O) groups is 2. The van der Waals surface area contributed by atoms with Gasteiger partial charge in [-0.05, 0) is 30.3 Å². The van der Waals surface area contributed by atoms with Gasteiger partial charge in [0, 0.05) is 64.4 Å². The van der Waals surface area contributed by atoms with Crippen LogP contribution in [0.4, 0.5) is 15.8 Å². The van der Waals surface area contributed by atoms with Crippen LogP contribution in [0.5, 0.6) is 0 Å². The lowest BCUT2D eigenvalue weighted by Crippen LogP contribution is -2.14. The minimum atomic E-state index is -0.595. The highest BCUT2D eigenvalue weighted by molar-refractivity contribution is 7.13. The van der Waals surface area contributed by atoms with Crippen LogP contribution in [0, 0.1) is 5.95 Å². The van der Waals surface area contributed by atoms with Gasteiger partial charge >= 0.3 is 0 Å². The number of nitrogens with zero attached hydrogens (tertiary/aromatic N) is 3. The summed E-state index contributed by atoms with van der Waals surface area (Å²) < 4.78 is 18.3. The molecule has 0 aliphatic carbocycles. The largest absolute Gasteiger partial charge is 0.472 e. The minimum absolute atomic E-state index is 0.114. The second kappa shape index (κ2) is 10.0. The SMILES string of the molecule is NC(=O)CCN=Cc1cc(NC(=O)c2csc(-c3ccc(F)nc3)n2)c(-c2ccoc2)cc1N. The molecule has 0 aliphatic rings. The molecule has 3 heterocycles. The number of benzene rings is 1. The minimum Gasteiger partial charge on any atom is -0.472 e. The molecule has 0 unspecified atom stereocenters. The molecule has 5 N–H and O–H groups in total. The number of furan rings is 1. The average molecular weight is 479 g/mol. The van der Waals surface area contributed by atoms with Gasteiger partial charge in [0.1, 0.15) is 10.7 Å². The average Bonchev–Trinajstić information content (AvgIpc) is 3.51. The number of nitrogens with one attached hydrogen (secondary N) is 1. The van der Waals surface area contributed by atoms with E-state index >= 15 is 0 Å². The molecule has 172 valence electrons. The van der Waals surface area contributed by atoms with Gasteiger partial charge in [-0.15, -0.1) is 11.3 Å². The fourth-order valence-corrected chi connectivity index (χ4v) is 3.83. The van der Waals surface area contributed by atoms with Crippen molar-refractivity contribution in [3.8, 4) is 21.7 Å². The molecule has 11 heteroatoms. The van der Waals surface area contributed by atoms with Crippen molar-refractivity contribution in [2.45, 2.75) is 6.42 Å². The summed E-state index contributed by atoms with van der Waals surface area (Å²) in [6.45, 7) is 0.222. The van der Waals surface area contributed by atoms with Crippen molar-refractivity contribution in [2.24, 2.45) is 10.7 Å². The lowest BCUT2D eigenvalue weighted by atomic mass is 10.0. The number of rotatable bonds is 8. The van der Waals surface area contributed by atoms with Crippen LogP contribution in [0.15, 0.2) is 63.8 Å². The van der Waals surface area contributed by atoms with Crippen LogP contribution < -0.4 is 16.8 Å². The number of pyridine rings is 1. The first-order chi connectivity index (χ1) is 16.4. The first kappa shape index (κ1) is 22.8. The summed E-state index contributed by atoms with van der Waals surface area (Å²) in [5, 5.41) is 5.00. The van der Waals surface area contributed by atoms with E-state index in [2.05, 4.69) is 20.3 Å². The highest BCUT2D eigenvalue weighted by Gasteiger charge is 2.17. The molecule has 0 spiro atoms. The van der Waals surface area contributed by atoms with E-state index < -0.39 is 17.8 Å². The van der Waals surface area contributed by atoms with E-state index in [4.69, 9.17) is 15.9 Å². The number of amides is 2. The topological polar surface area (TPSA) is 149 Å². The van der Waals surface area contributed by atoms with Crippen molar-refractivity contribution in [1.82, 2.24) is 9.97 Å². The molecule has 1 aromatic carbocycles. The number of aromatic nitrogens is 2. The maximum Gasteiger partial charge on any atom is 0.275 e. The van der Waals surface area contributed by atoms with Gasteiger partial charge in [0.05, 0.1) is 12.5 Å². The maximum absolute atomic E-state index is 13.1. The van der Waals surface area contributed by atoms with Crippen LogP contribution in [0.3, 0.4) is 0 Å². The molecule has 0 fully saturated rings. The smallest absolute Gasteiger partial charge is 0.275 e. The summed E-state index contributed by atoms with van der Waals surface area (Å²) in [5.41, 5.74) is 14.9. The molecular formula is C23H19FN6O3S. The summed E-state index contributed by atoms with van der Waals surface area (Å²) in [6.07, 6.45) is 6.04. The predicted molar refractivity (Wildman–Crippen MR) is 128 cm³/mol. The van der Waals surface area contributed by atoms with Crippen molar-refractivity contribution in [1.29, 1.82) is 0 Å². The molecule has 3 aromatic heterocycles. The van der Waals surface area contributed by atoms with Crippen LogP contribution in [-0.4, -0.2) is 34.5 Å². The molecule has 0 bridgehead atoms. The van der Waals surface area contributed by atoms with E-state index in [0.717, 1.165) is 5.56 Å². The number of hydrogen-bond donors (Lipinski definition) is 3. The van der Waals surface area contributed by atoms with Gasteiger partial charge in [-0.1, -0.05) is 0 Å². The van der Waals surface area contributed by atoms with Crippen LogP contribution >= 0.6 is 11.3 Å². The van der Waals surface area contributed by atoms with E-state index in [0.29, 0.717) is 33.1 Å². The Morgan fingerprint density at radius 2 is 2.09 bits per heavy atom. The van der Waals surface area contributed by atoms with E-state index in [-0.39, 0.29) is 18.7 Å². The lowest BCUT2D eigenvalue weighted by molar-refractivity contribution is -0.117. The quantitative estimate of drug-likeness (QED) is 0.199. The van der Waals surface area contributed by atoms with E-state index in [1.165, 1.54) is 42.3 Å². The Morgan fingerprint density at radius 3 is 2.79 bits per heavy atom. The Morgan fingerprint density at radius 1 is 1.24 bits per heavy atom. The van der Waals surface area contributed by atoms with Crippen molar-refractivity contribution in [3.63, 3.8) is 0 Å². The summed E-state index contributed by atoms with van der Waals surface area (Å²) in [4.78, 5) is 36.0. The highest BCUT2D eigenvalue weighted by Crippen LogP contribution is 2.33. The fraction of sp³-hybridized carbons (Fsp3) is 0.0870. The number of carbonyl (C=O) groups excluding carboxylic acids is 2. The molecule has 0 saturated carbocycles. The van der Waals surface area contributed by atoms with E-state index in [9.17, 15) is 14.0 Å². The van der Waals surface area contributed by atoms with Crippen LogP contribution in [0.25, 0.3) is 21.7 Å². The first-order valence-electron chi connectivity index (χ1n) is 10.0. The summed E-state index contributed by atoms with van der Waals surface area (Å²) in [6, 6.07) is 7.90. The number of anilines is 2. The molecule has 2 amide bonds. The molecule has 0 saturated heterocycles. The van der Waals surface area contributed by atoms with E-state index in [1.54, 1.807) is 29.6 Å². The predicted octanol–water partition coefficient (Wildman–Crippen LogP) is 3.73. The second-order valence-corrected chi connectivity index (χ2v) is 8.01. The molecule has 0 aliphatic heterocycles. The molecule has 34 heavy (non-hydrogen) atoms. The van der Waals surface area contributed by atoms with Gasteiger partial charge in [-0.25, -0.2) is 9.97 Å². The van der Waals surface area contributed by atoms with Gasteiger partial charge in [0.2, 0.25) is 11.9 Å². The fourth-order valence-electron chi connectivity index (χ4n) is 3.04. The van der Waals surface area contributed by atoms with Gasteiger partial charge in [-0.3, -0.25) is 14.6 Å². The van der Waals surface area contributed by atoms with Crippen LogP contribution in [-0.2, 0) is 4.79 Å². The number of aliphatic imine (C=N–C) groups is 1. The molecule has 0 atom stereocenters. The third-order valence-corrected chi connectivity index (χ3v) is 5.62. The Bertz CT molecular complexity index is 1350. The standard InChI is InChI=1S/C23H19FN6O3S/c24-20-2-1-13(10-28-20)23-30-19(12-34-23)22(32)29-18-7-15(9-27-5-3-21(26)31)17(25)8-16(18)14-4-6-33-11-14/h1-2,4,6-12H,3,5,25H2,(H2,26,31)(H,29,32). The van der Waals surface area contributed by atoms with Crippen molar-refractivity contribution in [3.05, 3.63) is 71.6 Å². The molecule has 0 radical (unpaired) electrons. The normalized spacial score (nSPS) is 11.1. The van der Waals surface area contributed by atoms with E-state index in [1.807, 2.05) is 0 Å². The van der Waals surface area contributed by atoms with Gasteiger partial charge in [0.15, 0.2) is 0 Å². The Hall–Kier alpha value is -4.38. The molecule has 9 nitrogen and oxygen atoms in total. The number of hydrogen-bond acceptors (Lipinski definition) is 8. The molecule has 4 aromatic rings. The molecular weight excluding hydrogens is 459 g/mol. The first-order valence-corrected chi connectivity index (χ1v) is 10.9. The van der Waals surface area contributed by atoms with Gasteiger partial charge in [-0.2, -0.15) is 4.39 Å². The zero-order valence-corrected chi connectivity index (χ0v) is 18.5. The van der Waals surface area contributed by atoms with Crippen LogP contribution in [0.1, 0.15) is 22.5 Å². The maximum atomic E-state index is 13.1. The Labute approximate surface area is 197 Å². The third-order valence-electron chi connectivity index (χ3n) is 4.73. The Kier molecular flexibility index (Phi) is 6.74. The number of thiazole rings is 1. The Balaban J connectivity index is 1.61. The number of nitrogens with two attached hydrogens (primary N) is 2. The number of nitrogen functional groups attached to an aromatic ring is 1. The summed E-state index contributed by atoms with van der Waals surface area (Å²) in [7, 11) is 0. The zero-order chi connectivity index (χ0) is 24.1. The summed E-state index contributed by atoms with van der Waals surface area (Å²) >= 11 is 1.24. The van der Waals surface area contributed by atoms with Crippen LogP contribution in [0.2, 0.25) is 0 Å². The second-order valence-electron chi connectivity index (χ2n) is 7.15. The zero-order valence-electron chi connectivity index (χ0n) is 17.7. The molecule has 4 rings (SSSR count). The number of primary amides is 1.